The second-order valence-electron chi connectivity index (χ2n) is 4.92. The Hall–Kier alpha value is -1.54. The number of anilines is 2. The van der Waals surface area contributed by atoms with Crippen molar-refractivity contribution in [1.82, 2.24) is 9.78 Å². The number of nitrogens with two attached hydrogens (primary N) is 1. The molecule has 0 fully saturated rings. The molecule has 3 N–H and O–H groups in total. The van der Waals surface area contributed by atoms with Crippen LogP contribution in [0.5, 0.6) is 0 Å². The number of nitrogens with one attached hydrogen (secondary N) is 1. The minimum Gasteiger partial charge on any atom is -0.398 e. The van der Waals surface area contributed by atoms with Crippen molar-refractivity contribution < 1.29 is 8.42 Å². The first-order valence-corrected chi connectivity index (χ1v) is 8.49. The first kappa shape index (κ1) is 15.8. The smallest absolute Gasteiger partial charge is 0.265 e. The number of sulfonamides is 1. The topological polar surface area (TPSA) is 90.0 Å². The summed E-state index contributed by atoms with van der Waals surface area (Å²) in [5, 5.41) is 4.13. The zero-order valence-electron chi connectivity index (χ0n) is 12.2. The fourth-order valence-corrected chi connectivity index (χ4v) is 4.31. The number of aromatic nitrogens is 2. The van der Waals surface area contributed by atoms with E-state index >= 15 is 0 Å². The number of nitrogens with zero attached hydrogens (tertiary/aromatic N) is 2. The molecule has 6 nitrogen and oxygen atoms in total. The van der Waals surface area contributed by atoms with E-state index in [1.54, 1.807) is 37.7 Å². The Bertz CT molecular complexity index is 812. The van der Waals surface area contributed by atoms with Gasteiger partial charge in [0, 0.05) is 17.2 Å². The monoisotopic (exact) mass is 372 g/mol. The molecular formula is C13H17BrN4O2S. The zero-order chi connectivity index (χ0) is 15.9. The maximum absolute atomic E-state index is 12.6. The molecule has 0 aliphatic rings. The number of aryl methyl sites for hydroxylation is 3. The molecule has 0 amide bonds. The quantitative estimate of drug-likeness (QED) is 0.809. The van der Waals surface area contributed by atoms with E-state index in [1.165, 1.54) is 0 Å². The predicted octanol–water partition coefficient (Wildman–Crippen LogP) is 2.49. The van der Waals surface area contributed by atoms with Gasteiger partial charge in [0.05, 0.1) is 17.1 Å². The number of hydrogen-bond donors (Lipinski definition) is 2. The first-order chi connectivity index (χ1) is 9.63. The van der Waals surface area contributed by atoms with E-state index in [-0.39, 0.29) is 4.90 Å². The normalized spacial score (nSPS) is 11.7. The Morgan fingerprint density at radius 2 is 1.90 bits per heavy atom. The average molecular weight is 373 g/mol. The molecule has 2 rings (SSSR count). The third-order valence-electron chi connectivity index (χ3n) is 3.31. The fraction of sp³-hybridized carbons (Fsp3) is 0.308. The van der Waals surface area contributed by atoms with Crippen molar-refractivity contribution in [3.05, 3.63) is 33.6 Å². The SMILES string of the molecule is Cc1cc(Br)c(NS(=O)(=O)c2c(C)nn(C)c2C)cc1N. The van der Waals surface area contributed by atoms with Gasteiger partial charge in [-0.3, -0.25) is 9.40 Å². The summed E-state index contributed by atoms with van der Waals surface area (Å²) in [6.45, 7) is 5.24. The lowest BCUT2D eigenvalue weighted by Gasteiger charge is -2.12. The summed E-state index contributed by atoms with van der Waals surface area (Å²) in [5.41, 5.74) is 8.68. The van der Waals surface area contributed by atoms with Gasteiger partial charge in [-0.2, -0.15) is 5.10 Å². The van der Waals surface area contributed by atoms with Crippen molar-refractivity contribution in [2.75, 3.05) is 10.5 Å². The molecule has 0 aliphatic carbocycles. The van der Waals surface area contributed by atoms with Gasteiger partial charge in [0.15, 0.2) is 0 Å². The number of rotatable bonds is 3. The Balaban J connectivity index is 2.50. The Kier molecular flexibility index (Phi) is 4.03. The summed E-state index contributed by atoms with van der Waals surface area (Å²) in [5.74, 6) is 0. The van der Waals surface area contributed by atoms with Crippen LogP contribution >= 0.6 is 15.9 Å². The molecule has 2 aromatic rings. The third kappa shape index (κ3) is 2.91. The minimum atomic E-state index is -3.72. The summed E-state index contributed by atoms with van der Waals surface area (Å²) in [7, 11) is -2.02. The minimum absolute atomic E-state index is 0.191. The highest BCUT2D eigenvalue weighted by atomic mass is 79.9. The van der Waals surface area contributed by atoms with E-state index in [0.717, 1.165) is 5.56 Å². The van der Waals surface area contributed by atoms with Gasteiger partial charge in [-0.1, -0.05) is 0 Å². The molecule has 21 heavy (non-hydrogen) atoms. The van der Waals surface area contributed by atoms with Crippen LogP contribution in [0.2, 0.25) is 0 Å². The van der Waals surface area contributed by atoms with Crippen molar-refractivity contribution in [2.24, 2.45) is 7.05 Å². The lowest BCUT2D eigenvalue weighted by molar-refractivity contribution is 0.599. The van der Waals surface area contributed by atoms with E-state index in [2.05, 4.69) is 25.8 Å². The van der Waals surface area contributed by atoms with E-state index in [9.17, 15) is 8.42 Å². The third-order valence-corrected chi connectivity index (χ3v) is 5.58. The molecule has 0 spiro atoms. The van der Waals surface area contributed by atoms with Crippen molar-refractivity contribution in [3.8, 4) is 0 Å². The molecule has 1 aromatic heterocycles. The molecule has 0 saturated carbocycles. The number of nitrogen functional groups attached to an aromatic ring is 1. The van der Waals surface area contributed by atoms with Crippen LogP contribution in [-0.4, -0.2) is 18.2 Å². The first-order valence-electron chi connectivity index (χ1n) is 6.22. The van der Waals surface area contributed by atoms with Crippen molar-refractivity contribution in [3.63, 3.8) is 0 Å². The van der Waals surface area contributed by atoms with Gasteiger partial charge in [0.1, 0.15) is 4.90 Å². The van der Waals surface area contributed by atoms with Gasteiger partial charge in [-0.05, 0) is 54.4 Å². The zero-order valence-corrected chi connectivity index (χ0v) is 14.6. The van der Waals surface area contributed by atoms with Crippen molar-refractivity contribution >= 4 is 37.3 Å². The molecule has 1 aromatic carbocycles. The van der Waals surface area contributed by atoms with Gasteiger partial charge in [0.25, 0.3) is 10.0 Å². The molecule has 8 heteroatoms. The molecule has 0 bridgehead atoms. The molecule has 0 unspecified atom stereocenters. The second kappa shape index (κ2) is 5.34. The van der Waals surface area contributed by atoms with Crippen molar-refractivity contribution in [2.45, 2.75) is 25.7 Å². The standard InChI is InChI=1S/C13H17BrN4O2S/c1-7-5-10(14)12(6-11(7)15)17-21(19,20)13-8(2)16-18(4)9(13)3/h5-6,17H,15H2,1-4H3. The largest absolute Gasteiger partial charge is 0.398 e. The van der Waals surface area contributed by atoms with Crippen LogP contribution in [0.15, 0.2) is 21.5 Å². The van der Waals surface area contributed by atoms with Crippen molar-refractivity contribution in [1.29, 1.82) is 0 Å². The van der Waals surface area contributed by atoms with Crippen LogP contribution in [0, 0.1) is 20.8 Å². The lowest BCUT2D eigenvalue weighted by atomic mass is 10.2. The average Bonchev–Trinajstić information content (AvgIpc) is 2.60. The van der Waals surface area contributed by atoms with Crippen LogP contribution in [-0.2, 0) is 17.1 Å². The van der Waals surface area contributed by atoms with Gasteiger partial charge in [0.2, 0.25) is 0 Å². The van der Waals surface area contributed by atoms with Gasteiger partial charge in [-0.15, -0.1) is 0 Å². The van der Waals surface area contributed by atoms with Crippen LogP contribution in [0.3, 0.4) is 0 Å². The van der Waals surface area contributed by atoms with Crippen LogP contribution in [0.4, 0.5) is 11.4 Å². The predicted molar refractivity (Wildman–Crippen MR) is 86.8 cm³/mol. The summed E-state index contributed by atoms with van der Waals surface area (Å²) < 4.78 is 29.9. The molecular weight excluding hydrogens is 356 g/mol. The van der Waals surface area contributed by atoms with Crippen LogP contribution in [0.25, 0.3) is 0 Å². The van der Waals surface area contributed by atoms with E-state index in [0.29, 0.717) is 27.2 Å². The van der Waals surface area contributed by atoms with Gasteiger partial charge in [-0.25, -0.2) is 8.42 Å². The molecule has 0 radical (unpaired) electrons. The molecule has 0 aliphatic heterocycles. The van der Waals surface area contributed by atoms with E-state index in [1.807, 2.05) is 6.92 Å². The lowest BCUT2D eigenvalue weighted by Crippen LogP contribution is -2.15. The summed E-state index contributed by atoms with van der Waals surface area (Å²) in [4.78, 5) is 0.191. The second-order valence-corrected chi connectivity index (χ2v) is 7.39. The molecule has 114 valence electrons. The summed E-state index contributed by atoms with van der Waals surface area (Å²) >= 11 is 3.35. The Morgan fingerprint density at radius 3 is 2.43 bits per heavy atom. The Labute approximate surface area is 132 Å². The molecule has 0 atom stereocenters. The highest BCUT2D eigenvalue weighted by molar-refractivity contribution is 9.10. The highest BCUT2D eigenvalue weighted by Crippen LogP contribution is 2.30. The number of benzene rings is 1. The van der Waals surface area contributed by atoms with E-state index in [4.69, 9.17) is 5.73 Å². The highest BCUT2D eigenvalue weighted by Gasteiger charge is 2.24. The Morgan fingerprint density at radius 1 is 1.29 bits per heavy atom. The maximum Gasteiger partial charge on any atom is 0.265 e. The van der Waals surface area contributed by atoms with Crippen LogP contribution in [0.1, 0.15) is 17.0 Å². The fourth-order valence-electron chi connectivity index (χ4n) is 2.11. The number of hydrogen-bond acceptors (Lipinski definition) is 4. The molecule has 1 heterocycles. The molecule has 0 saturated heterocycles. The summed E-state index contributed by atoms with van der Waals surface area (Å²) in [6.07, 6.45) is 0. The maximum atomic E-state index is 12.6. The van der Waals surface area contributed by atoms with Gasteiger partial charge < -0.3 is 5.73 Å². The van der Waals surface area contributed by atoms with E-state index < -0.39 is 10.0 Å². The number of halogens is 1. The van der Waals surface area contributed by atoms with Crippen LogP contribution < -0.4 is 10.5 Å². The van der Waals surface area contributed by atoms with Gasteiger partial charge >= 0.3 is 0 Å². The summed E-state index contributed by atoms with van der Waals surface area (Å²) in [6, 6.07) is 3.37.